The lowest BCUT2D eigenvalue weighted by atomic mass is 9.69. The van der Waals surface area contributed by atoms with Gasteiger partial charge in [-0.3, -0.25) is 0 Å². The van der Waals surface area contributed by atoms with E-state index in [1.165, 1.54) is 12.8 Å². The summed E-state index contributed by atoms with van der Waals surface area (Å²) in [5, 5.41) is 0. The van der Waals surface area contributed by atoms with Crippen LogP contribution < -0.4 is 5.73 Å². The predicted molar refractivity (Wildman–Crippen MR) is 85.9 cm³/mol. The highest BCUT2D eigenvalue weighted by molar-refractivity contribution is 7.17. The van der Waals surface area contributed by atoms with E-state index in [1.807, 2.05) is 0 Å². The molecule has 1 saturated carbocycles. The second-order valence-corrected chi connectivity index (χ2v) is 7.86. The zero-order valence-corrected chi connectivity index (χ0v) is 14.3. The Labute approximate surface area is 117 Å². The van der Waals surface area contributed by atoms with Gasteiger partial charge in [-0.1, -0.05) is 34.6 Å². The van der Waals surface area contributed by atoms with Gasteiger partial charge in [-0.05, 0) is 44.0 Å². The van der Waals surface area contributed by atoms with Gasteiger partial charge in [0.25, 0.3) is 0 Å². The van der Waals surface area contributed by atoms with E-state index >= 15 is 0 Å². The van der Waals surface area contributed by atoms with Crippen molar-refractivity contribution in [2.45, 2.75) is 72.1 Å². The van der Waals surface area contributed by atoms with E-state index < -0.39 is 0 Å². The molecular formula is C14H32BNOP. The minimum absolute atomic E-state index is 0.0498. The highest BCUT2D eigenvalue weighted by Crippen LogP contribution is 2.45. The number of hydrogen-bond acceptors (Lipinski definition) is 2. The number of rotatable bonds is 3. The number of hydrogen-bond donors (Lipinski definition) is 1. The first-order valence-electron chi connectivity index (χ1n) is 7.08. The van der Waals surface area contributed by atoms with Gasteiger partial charge in [0.15, 0.2) is 0 Å². The molecule has 1 radical (unpaired) electrons. The Morgan fingerprint density at radius 2 is 1.83 bits per heavy atom. The molecule has 1 aliphatic rings. The molecule has 2 nitrogen and oxygen atoms in total. The largest absolute Gasteiger partial charge is 0.433 e. The lowest BCUT2D eigenvalue weighted by molar-refractivity contribution is 0.00666. The second-order valence-electron chi connectivity index (χ2n) is 7.05. The summed E-state index contributed by atoms with van der Waals surface area (Å²) in [6, 6.07) is 0. The van der Waals surface area contributed by atoms with Gasteiger partial charge in [0.05, 0.1) is 5.60 Å². The SMILES string of the molecule is CC(C)C.CC1(C)CCC(P)C(C)(O[B]CN)C1. The first-order valence-corrected chi connectivity index (χ1v) is 7.75. The van der Waals surface area contributed by atoms with Crippen molar-refractivity contribution in [2.75, 3.05) is 6.44 Å². The van der Waals surface area contributed by atoms with Crippen molar-refractivity contribution >= 4 is 16.7 Å². The van der Waals surface area contributed by atoms with Crippen LogP contribution in [-0.4, -0.2) is 25.2 Å². The molecule has 3 atom stereocenters. The summed E-state index contributed by atoms with van der Waals surface area (Å²) in [6.45, 7) is 13.3. The van der Waals surface area contributed by atoms with Crippen LogP contribution in [0.15, 0.2) is 0 Å². The summed E-state index contributed by atoms with van der Waals surface area (Å²) in [5.74, 6) is 0.833. The zero-order chi connectivity index (χ0) is 14.4. The lowest BCUT2D eigenvalue weighted by Gasteiger charge is -2.47. The maximum Gasteiger partial charge on any atom is 0.307 e. The highest BCUT2D eigenvalue weighted by atomic mass is 31.0. The Bertz CT molecular complexity index is 233. The molecule has 0 heterocycles. The van der Waals surface area contributed by atoms with Crippen molar-refractivity contribution in [1.82, 2.24) is 0 Å². The molecule has 0 aromatic carbocycles. The molecule has 0 bridgehead atoms. The zero-order valence-electron chi connectivity index (χ0n) is 13.1. The van der Waals surface area contributed by atoms with Crippen molar-refractivity contribution in [3.63, 3.8) is 0 Å². The Balaban J connectivity index is 0.000000631. The van der Waals surface area contributed by atoms with E-state index in [4.69, 9.17) is 10.4 Å². The predicted octanol–water partition coefficient (Wildman–Crippen LogP) is 3.41. The van der Waals surface area contributed by atoms with Crippen molar-refractivity contribution in [3.05, 3.63) is 0 Å². The summed E-state index contributed by atoms with van der Waals surface area (Å²) in [5.41, 5.74) is 6.31. The summed E-state index contributed by atoms with van der Waals surface area (Å²) < 4.78 is 5.80. The van der Waals surface area contributed by atoms with Crippen LogP contribution >= 0.6 is 9.24 Å². The minimum atomic E-state index is -0.0498. The van der Waals surface area contributed by atoms with E-state index in [-0.39, 0.29) is 5.60 Å². The normalized spacial score (nSPS) is 30.6. The molecule has 18 heavy (non-hydrogen) atoms. The van der Waals surface area contributed by atoms with E-state index in [0.29, 0.717) is 17.5 Å². The highest BCUT2D eigenvalue weighted by Gasteiger charge is 2.41. The Morgan fingerprint density at radius 1 is 1.33 bits per heavy atom. The average molecular weight is 272 g/mol. The van der Waals surface area contributed by atoms with Crippen LogP contribution in [0.5, 0.6) is 0 Å². The Kier molecular flexibility index (Phi) is 8.05. The third kappa shape index (κ3) is 7.11. The van der Waals surface area contributed by atoms with Gasteiger partial charge in [0.1, 0.15) is 0 Å². The van der Waals surface area contributed by atoms with Crippen molar-refractivity contribution < 1.29 is 4.65 Å². The van der Waals surface area contributed by atoms with Crippen molar-refractivity contribution in [1.29, 1.82) is 0 Å². The van der Waals surface area contributed by atoms with Gasteiger partial charge in [-0.2, -0.15) is 0 Å². The van der Waals surface area contributed by atoms with Crippen LogP contribution in [-0.2, 0) is 4.65 Å². The third-order valence-corrected chi connectivity index (χ3v) is 4.23. The maximum absolute atomic E-state index is 5.80. The molecule has 2 N–H and O–H groups in total. The van der Waals surface area contributed by atoms with Crippen LogP contribution in [0.2, 0.25) is 0 Å². The molecule has 1 rings (SSSR count). The maximum atomic E-state index is 5.80. The van der Waals surface area contributed by atoms with Crippen LogP contribution in [0, 0.1) is 11.3 Å². The molecule has 0 aliphatic heterocycles. The van der Waals surface area contributed by atoms with Gasteiger partial charge >= 0.3 is 7.48 Å². The van der Waals surface area contributed by atoms with Crippen molar-refractivity contribution in [3.8, 4) is 0 Å². The van der Waals surface area contributed by atoms with Gasteiger partial charge < -0.3 is 10.4 Å². The molecule has 0 spiro atoms. The fourth-order valence-corrected chi connectivity index (χ4v) is 2.75. The first-order chi connectivity index (χ1) is 8.13. The summed E-state index contributed by atoms with van der Waals surface area (Å²) in [7, 11) is 4.65. The monoisotopic (exact) mass is 272 g/mol. The Hall–Kier alpha value is 0.415. The van der Waals surface area contributed by atoms with Gasteiger partial charge in [-0.25, -0.2) is 0 Å². The van der Waals surface area contributed by atoms with E-state index in [9.17, 15) is 0 Å². The van der Waals surface area contributed by atoms with Crippen LogP contribution in [0.1, 0.15) is 60.8 Å². The van der Waals surface area contributed by atoms with Gasteiger partial charge in [0, 0.05) is 5.66 Å². The molecule has 0 aromatic heterocycles. The van der Waals surface area contributed by atoms with E-state index in [1.54, 1.807) is 7.48 Å². The molecule has 0 aromatic rings. The smallest absolute Gasteiger partial charge is 0.307 e. The molecular weight excluding hydrogens is 240 g/mol. The van der Waals surface area contributed by atoms with Crippen LogP contribution in [0.3, 0.4) is 0 Å². The number of nitrogens with two attached hydrogens (primary N) is 1. The fraction of sp³-hybridized carbons (Fsp3) is 1.00. The standard InChI is InChI=1S/C10H22BNOP.C4H10/c1-9(2)5-4-8(14)10(3,6-9)13-11-7-12;1-4(2)3/h8H,4-7,12,14H2,1-3H3;4H,1-3H3. The quantitative estimate of drug-likeness (QED) is 0.631. The van der Waals surface area contributed by atoms with Crippen molar-refractivity contribution in [2.24, 2.45) is 17.1 Å². The lowest BCUT2D eigenvalue weighted by Crippen LogP contribution is -2.48. The minimum Gasteiger partial charge on any atom is -0.433 e. The van der Waals surface area contributed by atoms with Crippen LogP contribution in [0.25, 0.3) is 0 Å². The van der Waals surface area contributed by atoms with Gasteiger partial charge in [-0.15, -0.1) is 9.24 Å². The van der Waals surface area contributed by atoms with Crippen LogP contribution in [0.4, 0.5) is 0 Å². The third-order valence-electron chi connectivity index (χ3n) is 3.19. The summed E-state index contributed by atoms with van der Waals surface area (Å²) >= 11 is 0. The molecule has 107 valence electrons. The van der Waals surface area contributed by atoms with E-state index in [2.05, 4.69) is 50.8 Å². The topological polar surface area (TPSA) is 35.2 Å². The molecule has 0 saturated heterocycles. The van der Waals surface area contributed by atoms with E-state index in [0.717, 1.165) is 12.3 Å². The molecule has 4 heteroatoms. The molecule has 1 fully saturated rings. The average Bonchev–Trinajstić information content (AvgIpc) is 2.20. The Morgan fingerprint density at radius 3 is 2.28 bits per heavy atom. The summed E-state index contributed by atoms with van der Waals surface area (Å²) in [6.07, 6.45) is 4.09. The summed E-state index contributed by atoms with van der Waals surface area (Å²) in [4.78, 5) is 0. The molecule has 1 aliphatic carbocycles. The first kappa shape index (κ1) is 18.4. The molecule has 3 unspecified atom stereocenters. The molecule has 0 amide bonds. The second kappa shape index (κ2) is 7.87. The fourth-order valence-electron chi connectivity index (χ4n) is 2.39. The van der Waals surface area contributed by atoms with Gasteiger partial charge in [0.2, 0.25) is 0 Å².